The van der Waals surface area contributed by atoms with Crippen LogP contribution in [-0.2, 0) is 4.79 Å². The first-order valence-electron chi connectivity index (χ1n) is 6.64. The lowest BCUT2D eigenvalue weighted by Gasteiger charge is -2.16. The fourth-order valence-electron chi connectivity index (χ4n) is 2.09. The Morgan fingerprint density at radius 3 is 2.70 bits per heavy atom. The van der Waals surface area contributed by atoms with E-state index in [0.717, 1.165) is 16.0 Å². The Balaban J connectivity index is 1.92. The van der Waals surface area contributed by atoms with Crippen molar-refractivity contribution >= 4 is 17.2 Å². The summed E-state index contributed by atoms with van der Waals surface area (Å²) in [7, 11) is 0. The van der Waals surface area contributed by atoms with E-state index < -0.39 is 6.10 Å². The number of hydrogen-bond donors (Lipinski definition) is 2. The SMILES string of the molecule is Cc1ccccc1C(O)CNC(=O)C(C)c1cccs1. The van der Waals surface area contributed by atoms with E-state index in [4.69, 9.17) is 0 Å². The number of aliphatic hydroxyl groups excluding tert-OH is 1. The Bertz CT molecular complexity index is 566. The molecule has 0 aliphatic rings. The predicted octanol–water partition coefficient (Wildman–Crippen LogP) is 3.01. The first-order chi connectivity index (χ1) is 9.59. The van der Waals surface area contributed by atoms with Crippen LogP contribution in [0.3, 0.4) is 0 Å². The summed E-state index contributed by atoms with van der Waals surface area (Å²) in [6.45, 7) is 4.06. The van der Waals surface area contributed by atoms with Crippen LogP contribution >= 0.6 is 11.3 Å². The third-order valence-electron chi connectivity index (χ3n) is 3.38. The number of amides is 1. The van der Waals surface area contributed by atoms with E-state index in [2.05, 4.69) is 5.32 Å². The molecule has 1 aromatic heterocycles. The summed E-state index contributed by atoms with van der Waals surface area (Å²) in [5.74, 6) is -0.237. The average Bonchev–Trinajstić information content (AvgIpc) is 2.98. The minimum atomic E-state index is -0.671. The summed E-state index contributed by atoms with van der Waals surface area (Å²) in [4.78, 5) is 13.1. The molecule has 2 rings (SSSR count). The monoisotopic (exact) mass is 289 g/mol. The van der Waals surface area contributed by atoms with Crippen LogP contribution in [0, 0.1) is 6.92 Å². The van der Waals surface area contributed by atoms with E-state index in [9.17, 15) is 9.90 Å². The van der Waals surface area contributed by atoms with Gasteiger partial charge in [-0.2, -0.15) is 0 Å². The fraction of sp³-hybridized carbons (Fsp3) is 0.312. The van der Waals surface area contributed by atoms with Crippen LogP contribution in [0.1, 0.15) is 34.9 Å². The molecule has 4 heteroatoms. The highest BCUT2D eigenvalue weighted by molar-refractivity contribution is 7.10. The van der Waals surface area contributed by atoms with Crippen molar-refractivity contribution in [1.82, 2.24) is 5.32 Å². The smallest absolute Gasteiger partial charge is 0.228 e. The lowest BCUT2D eigenvalue weighted by molar-refractivity contribution is -0.122. The summed E-state index contributed by atoms with van der Waals surface area (Å²) in [5, 5.41) is 14.9. The summed E-state index contributed by atoms with van der Waals surface area (Å²) >= 11 is 1.57. The maximum atomic E-state index is 12.0. The van der Waals surface area contributed by atoms with Crippen LogP contribution in [0.2, 0.25) is 0 Å². The van der Waals surface area contributed by atoms with Crippen LogP contribution < -0.4 is 5.32 Å². The van der Waals surface area contributed by atoms with Crippen molar-refractivity contribution in [3.63, 3.8) is 0 Å². The highest BCUT2D eigenvalue weighted by atomic mass is 32.1. The number of carbonyl (C=O) groups excluding carboxylic acids is 1. The molecule has 0 saturated heterocycles. The molecule has 0 aliphatic carbocycles. The Morgan fingerprint density at radius 2 is 2.05 bits per heavy atom. The molecule has 1 aromatic carbocycles. The molecule has 20 heavy (non-hydrogen) atoms. The van der Waals surface area contributed by atoms with Gasteiger partial charge in [-0.15, -0.1) is 11.3 Å². The van der Waals surface area contributed by atoms with E-state index in [1.807, 2.05) is 55.6 Å². The van der Waals surface area contributed by atoms with Crippen molar-refractivity contribution in [3.8, 4) is 0 Å². The van der Waals surface area contributed by atoms with E-state index in [1.165, 1.54) is 0 Å². The van der Waals surface area contributed by atoms with Gasteiger partial charge >= 0.3 is 0 Å². The van der Waals surface area contributed by atoms with Gasteiger partial charge in [0, 0.05) is 11.4 Å². The van der Waals surface area contributed by atoms with Crippen LogP contribution in [0.5, 0.6) is 0 Å². The van der Waals surface area contributed by atoms with Crippen molar-refractivity contribution in [2.24, 2.45) is 0 Å². The van der Waals surface area contributed by atoms with Gasteiger partial charge in [-0.3, -0.25) is 4.79 Å². The molecular weight excluding hydrogens is 270 g/mol. The fourth-order valence-corrected chi connectivity index (χ4v) is 2.87. The molecule has 0 spiro atoms. The van der Waals surface area contributed by atoms with Gasteiger partial charge in [0.1, 0.15) is 0 Å². The topological polar surface area (TPSA) is 49.3 Å². The number of hydrogen-bond acceptors (Lipinski definition) is 3. The summed E-state index contributed by atoms with van der Waals surface area (Å²) < 4.78 is 0. The van der Waals surface area contributed by atoms with Gasteiger partial charge in [-0.25, -0.2) is 0 Å². The van der Waals surface area contributed by atoms with Gasteiger partial charge in [0.15, 0.2) is 0 Å². The predicted molar refractivity (Wildman–Crippen MR) is 81.9 cm³/mol. The molecule has 2 unspecified atom stereocenters. The number of aliphatic hydroxyl groups is 1. The summed E-state index contributed by atoms with van der Waals surface area (Å²) in [6, 6.07) is 11.5. The zero-order valence-electron chi connectivity index (χ0n) is 11.7. The van der Waals surface area contributed by atoms with Gasteiger partial charge in [0.2, 0.25) is 5.91 Å². The van der Waals surface area contributed by atoms with Crippen LogP contribution in [0.15, 0.2) is 41.8 Å². The third-order valence-corrected chi connectivity index (χ3v) is 4.44. The van der Waals surface area contributed by atoms with Crippen molar-refractivity contribution < 1.29 is 9.90 Å². The number of aryl methyl sites for hydroxylation is 1. The van der Waals surface area contributed by atoms with Crippen molar-refractivity contribution in [2.45, 2.75) is 25.9 Å². The molecular formula is C16H19NO2S. The first kappa shape index (κ1) is 14.8. The van der Waals surface area contributed by atoms with Crippen LogP contribution in [-0.4, -0.2) is 17.6 Å². The first-order valence-corrected chi connectivity index (χ1v) is 7.52. The lowest BCUT2D eigenvalue weighted by atomic mass is 10.0. The number of rotatable bonds is 5. The minimum absolute atomic E-state index is 0.0555. The number of carbonyl (C=O) groups is 1. The van der Waals surface area contributed by atoms with Crippen molar-refractivity contribution in [2.75, 3.05) is 6.54 Å². The Kier molecular flexibility index (Phi) is 4.93. The molecule has 1 amide bonds. The molecule has 0 bridgehead atoms. The maximum absolute atomic E-state index is 12.0. The molecule has 0 radical (unpaired) electrons. The normalized spacial score (nSPS) is 13.8. The van der Waals surface area contributed by atoms with Gasteiger partial charge < -0.3 is 10.4 Å². The highest BCUT2D eigenvalue weighted by Crippen LogP contribution is 2.21. The van der Waals surface area contributed by atoms with E-state index in [1.54, 1.807) is 11.3 Å². The average molecular weight is 289 g/mol. The van der Waals surface area contributed by atoms with E-state index in [-0.39, 0.29) is 18.4 Å². The van der Waals surface area contributed by atoms with E-state index in [0.29, 0.717) is 0 Å². The van der Waals surface area contributed by atoms with Gasteiger partial charge in [-0.1, -0.05) is 30.3 Å². The molecule has 106 valence electrons. The zero-order valence-corrected chi connectivity index (χ0v) is 12.5. The van der Waals surface area contributed by atoms with Gasteiger partial charge in [-0.05, 0) is 36.4 Å². The minimum Gasteiger partial charge on any atom is -0.387 e. The summed E-state index contributed by atoms with van der Waals surface area (Å²) in [5.41, 5.74) is 1.89. The number of benzene rings is 1. The number of thiophene rings is 1. The molecule has 2 atom stereocenters. The maximum Gasteiger partial charge on any atom is 0.228 e. The lowest BCUT2D eigenvalue weighted by Crippen LogP contribution is -2.31. The van der Waals surface area contributed by atoms with Gasteiger partial charge in [0.05, 0.1) is 12.0 Å². The molecule has 0 fully saturated rings. The second kappa shape index (κ2) is 6.68. The highest BCUT2D eigenvalue weighted by Gasteiger charge is 2.17. The quantitative estimate of drug-likeness (QED) is 0.889. The van der Waals surface area contributed by atoms with Gasteiger partial charge in [0.25, 0.3) is 0 Å². The standard InChI is InChI=1S/C16H19NO2S/c1-11-6-3-4-7-13(11)14(18)10-17-16(19)12(2)15-8-5-9-20-15/h3-9,12,14,18H,10H2,1-2H3,(H,17,19). The second-order valence-electron chi connectivity index (χ2n) is 4.85. The van der Waals surface area contributed by atoms with Crippen LogP contribution in [0.25, 0.3) is 0 Å². The molecule has 2 aromatic rings. The van der Waals surface area contributed by atoms with E-state index >= 15 is 0 Å². The number of nitrogens with one attached hydrogen (secondary N) is 1. The third kappa shape index (κ3) is 3.46. The van der Waals surface area contributed by atoms with Crippen molar-refractivity contribution in [1.29, 1.82) is 0 Å². The zero-order chi connectivity index (χ0) is 14.5. The Hall–Kier alpha value is -1.65. The molecule has 0 aliphatic heterocycles. The van der Waals surface area contributed by atoms with Crippen molar-refractivity contribution in [3.05, 3.63) is 57.8 Å². The molecule has 0 saturated carbocycles. The Labute approximate surface area is 123 Å². The molecule has 3 nitrogen and oxygen atoms in total. The summed E-state index contributed by atoms with van der Waals surface area (Å²) in [6.07, 6.45) is -0.671. The van der Waals surface area contributed by atoms with Crippen LogP contribution in [0.4, 0.5) is 0 Å². The molecule has 1 heterocycles. The molecule has 2 N–H and O–H groups in total. The largest absolute Gasteiger partial charge is 0.387 e. The Morgan fingerprint density at radius 1 is 1.30 bits per heavy atom. The second-order valence-corrected chi connectivity index (χ2v) is 5.83.